The van der Waals surface area contributed by atoms with E-state index in [1.807, 2.05) is 60.7 Å². The molecule has 5 nitrogen and oxygen atoms in total. The van der Waals surface area contributed by atoms with Crippen molar-refractivity contribution in [3.8, 4) is 5.75 Å². The molecule has 154 valence electrons. The number of nitrogens with one attached hydrogen (secondary N) is 2. The molecule has 3 aromatic carbocycles. The lowest BCUT2D eigenvalue weighted by molar-refractivity contribution is -0.121. The predicted molar refractivity (Wildman–Crippen MR) is 125 cm³/mol. The van der Waals surface area contributed by atoms with Gasteiger partial charge in [0.15, 0.2) is 0 Å². The number of carbonyl (C=O) groups excluding carboxylic acids is 1. The zero-order valence-electron chi connectivity index (χ0n) is 16.3. The van der Waals surface area contributed by atoms with E-state index in [1.54, 1.807) is 25.3 Å². The molecule has 1 atom stereocenters. The fourth-order valence-electron chi connectivity index (χ4n) is 2.62. The van der Waals surface area contributed by atoms with Crippen molar-refractivity contribution < 1.29 is 9.53 Å². The van der Waals surface area contributed by atoms with Crippen LogP contribution in [0.4, 0.5) is 5.69 Å². The Hall–Kier alpha value is -2.83. The number of rotatable bonds is 8. The zero-order valence-corrected chi connectivity index (χ0v) is 18.7. The quantitative estimate of drug-likeness (QED) is 0.320. The smallest absolute Gasteiger partial charge is 0.262 e. The molecule has 0 saturated carbocycles. The Morgan fingerprint density at radius 3 is 2.67 bits per heavy atom. The number of carbonyl (C=O) groups is 1. The lowest BCUT2D eigenvalue weighted by atomic mass is 10.2. The molecular weight excluding hydrogens is 466 g/mol. The van der Waals surface area contributed by atoms with Gasteiger partial charge in [0.2, 0.25) is 0 Å². The van der Waals surface area contributed by atoms with Gasteiger partial charge in [-0.1, -0.05) is 57.9 Å². The van der Waals surface area contributed by atoms with Crippen molar-refractivity contribution in [2.45, 2.75) is 19.6 Å². The maximum Gasteiger partial charge on any atom is 0.262 e. The van der Waals surface area contributed by atoms with Gasteiger partial charge in [-0.2, -0.15) is 5.10 Å². The van der Waals surface area contributed by atoms with Crippen molar-refractivity contribution in [1.82, 2.24) is 5.43 Å². The number of nitrogens with zero attached hydrogens (tertiary/aromatic N) is 1. The Morgan fingerprint density at radius 2 is 1.90 bits per heavy atom. The summed E-state index contributed by atoms with van der Waals surface area (Å²) >= 11 is 9.39. The van der Waals surface area contributed by atoms with Crippen LogP contribution in [0.3, 0.4) is 0 Å². The fourth-order valence-corrected chi connectivity index (χ4v) is 3.07. The molecule has 0 unspecified atom stereocenters. The van der Waals surface area contributed by atoms with Crippen molar-refractivity contribution >= 4 is 45.3 Å². The number of amides is 1. The normalized spacial score (nSPS) is 11.8. The fraction of sp³-hybridized carbons (Fsp3) is 0.130. The van der Waals surface area contributed by atoms with Gasteiger partial charge in [-0.3, -0.25) is 4.79 Å². The van der Waals surface area contributed by atoms with Crippen molar-refractivity contribution in [3.63, 3.8) is 0 Å². The van der Waals surface area contributed by atoms with Gasteiger partial charge < -0.3 is 10.1 Å². The molecule has 0 radical (unpaired) electrons. The van der Waals surface area contributed by atoms with E-state index >= 15 is 0 Å². The van der Waals surface area contributed by atoms with E-state index in [2.05, 4.69) is 31.8 Å². The number of benzene rings is 3. The second-order valence-electron chi connectivity index (χ2n) is 6.56. The first-order valence-electron chi connectivity index (χ1n) is 9.32. The minimum absolute atomic E-state index is 0.264. The lowest BCUT2D eigenvalue weighted by Gasteiger charge is -2.13. The SMILES string of the molecule is C[C@H](Nc1cccc(Cl)c1)C(=O)N/N=C\c1ccccc1OCc1ccc(Br)cc1. The first-order chi connectivity index (χ1) is 14.5. The van der Waals surface area contributed by atoms with Gasteiger partial charge in [-0.25, -0.2) is 5.43 Å². The average molecular weight is 487 g/mol. The molecule has 3 rings (SSSR count). The minimum Gasteiger partial charge on any atom is -0.488 e. The second-order valence-corrected chi connectivity index (χ2v) is 7.92. The lowest BCUT2D eigenvalue weighted by Crippen LogP contribution is -2.34. The molecule has 3 aromatic rings. The summed E-state index contributed by atoms with van der Waals surface area (Å²) in [5.74, 6) is 0.419. The van der Waals surface area contributed by atoms with E-state index in [4.69, 9.17) is 16.3 Å². The van der Waals surface area contributed by atoms with Crippen LogP contribution in [-0.4, -0.2) is 18.2 Å². The Labute approximate surface area is 189 Å². The highest BCUT2D eigenvalue weighted by atomic mass is 79.9. The van der Waals surface area contributed by atoms with Gasteiger partial charge in [-0.05, 0) is 55.0 Å². The maximum atomic E-state index is 12.3. The summed E-state index contributed by atoms with van der Waals surface area (Å²) < 4.78 is 6.94. The standard InChI is InChI=1S/C23H21BrClN3O2/c1-16(27-21-7-4-6-20(25)13-21)23(29)28-26-14-18-5-2-3-8-22(18)30-15-17-9-11-19(24)12-10-17/h2-14,16,27H,15H2,1H3,(H,28,29)/b26-14-/t16-/m0/s1. The first-order valence-corrected chi connectivity index (χ1v) is 10.5. The highest BCUT2D eigenvalue weighted by Gasteiger charge is 2.12. The van der Waals surface area contributed by atoms with Crippen molar-refractivity contribution in [3.05, 3.63) is 93.4 Å². The topological polar surface area (TPSA) is 62.7 Å². The molecule has 2 N–H and O–H groups in total. The highest BCUT2D eigenvalue weighted by Crippen LogP contribution is 2.19. The Morgan fingerprint density at radius 1 is 1.13 bits per heavy atom. The van der Waals surface area contributed by atoms with Crippen LogP contribution in [0, 0.1) is 0 Å². The van der Waals surface area contributed by atoms with Crippen LogP contribution >= 0.6 is 27.5 Å². The molecule has 0 aliphatic rings. The van der Waals surface area contributed by atoms with Gasteiger partial charge in [0, 0.05) is 20.7 Å². The van der Waals surface area contributed by atoms with E-state index in [0.717, 1.165) is 21.3 Å². The molecule has 0 heterocycles. The van der Waals surface area contributed by atoms with Gasteiger partial charge >= 0.3 is 0 Å². The number of ether oxygens (including phenoxy) is 1. The number of hydrogen-bond acceptors (Lipinski definition) is 4. The largest absolute Gasteiger partial charge is 0.488 e. The minimum atomic E-state index is -0.482. The number of hydrazone groups is 1. The molecule has 0 saturated heterocycles. The zero-order chi connectivity index (χ0) is 21.3. The Balaban J connectivity index is 1.56. The van der Waals surface area contributed by atoms with Crippen LogP contribution in [-0.2, 0) is 11.4 Å². The summed E-state index contributed by atoms with van der Waals surface area (Å²) in [5, 5.41) is 7.76. The third-order valence-corrected chi connectivity index (χ3v) is 4.97. The molecule has 0 aromatic heterocycles. The van der Waals surface area contributed by atoms with E-state index in [-0.39, 0.29) is 5.91 Å². The van der Waals surface area contributed by atoms with Crippen LogP contribution < -0.4 is 15.5 Å². The molecule has 1 amide bonds. The van der Waals surface area contributed by atoms with Crippen molar-refractivity contribution in [2.75, 3.05) is 5.32 Å². The first kappa shape index (κ1) is 21.9. The number of hydrogen-bond donors (Lipinski definition) is 2. The summed E-state index contributed by atoms with van der Waals surface area (Å²) in [6.07, 6.45) is 1.57. The summed E-state index contributed by atoms with van der Waals surface area (Å²) in [7, 11) is 0. The van der Waals surface area contributed by atoms with Crippen molar-refractivity contribution in [2.24, 2.45) is 5.10 Å². The number of anilines is 1. The van der Waals surface area contributed by atoms with Gasteiger partial charge in [-0.15, -0.1) is 0 Å². The third kappa shape index (κ3) is 6.61. The van der Waals surface area contributed by atoms with E-state index in [0.29, 0.717) is 17.4 Å². The molecule has 0 bridgehead atoms. The van der Waals surface area contributed by atoms with Crippen LogP contribution in [0.15, 0.2) is 82.4 Å². The third-order valence-electron chi connectivity index (χ3n) is 4.21. The summed E-state index contributed by atoms with van der Waals surface area (Å²) in [5.41, 5.74) is 5.14. The van der Waals surface area contributed by atoms with E-state index in [9.17, 15) is 4.79 Å². The molecule has 7 heteroatoms. The maximum absolute atomic E-state index is 12.3. The average Bonchev–Trinajstić information content (AvgIpc) is 2.74. The molecule has 0 fully saturated rings. The Kier molecular flexibility index (Phi) is 7.88. The van der Waals surface area contributed by atoms with Crippen LogP contribution in [0.5, 0.6) is 5.75 Å². The van der Waals surface area contributed by atoms with E-state index < -0.39 is 6.04 Å². The van der Waals surface area contributed by atoms with Crippen LogP contribution in [0.25, 0.3) is 0 Å². The van der Waals surface area contributed by atoms with Gasteiger partial charge in [0.1, 0.15) is 18.4 Å². The van der Waals surface area contributed by atoms with Crippen LogP contribution in [0.2, 0.25) is 5.02 Å². The molecular formula is C23H21BrClN3O2. The molecule has 0 aliphatic heterocycles. The Bertz CT molecular complexity index is 1020. The highest BCUT2D eigenvalue weighted by molar-refractivity contribution is 9.10. The molecule has 0 spiro atoms. The summed E-state index contributed by atoms with van der Waals surface area (Å²) in [6.45, 7) is 2.19. The molecule has 30 heavy (non-hydrogen) atoms. The number of para-hydroxylation sites is 1. The van der Waals surface area contributed by atoms with E-state index in [1.165, 1.54) is 0 Å². The van der Waals surface area contributed by atoms with Gasteiger partial charge in [0.25, 0.3) is 5.91 Å². The van der Waals surface area contributed by atoms with Crippen LogP contribution in [0.1, 0.15) is 18.1 Å². The predicted octanol–water partition coefficient (Wildman–Crippen LogP) is 5.63. The monoisotopic (exact) mass is 485 g/mol. The second kappa shape index (κ2) is 10.8. The summed E-state index contributed by atoms with van der Waals surface area (Å²) in [4.78, 5) is 12.3. The summed E-state index contributed by atoms with van der Waals surface area (Å²) in [6, 6.07) is 22.2. The van der Waals surface area contributed by atoms with Gasteiger partial charge in [0.05, 0.1) is 6.21 Å². The van der Waals surface area contributed by atoms with Crippen molar-refractivity contribution in [1.29, 1.82) is 0 Å². The number of halogens is 2. The molecule has 0 aliphatic carbocycles.